The molecule has 1 aliphatic heterocycles. The van der Waals surface area contributed by atoms with Crippen LogP contribution in [0.2, 0.25) is 5.02 Å². The second kappa shape index (κ2) is 10.3. The van der Waals surface area contributed by atoms with E-state index in [0.717, 1.165) is 24.2 Å². The van der Waals surface area contributed by atoms with Gasteiger partial charge in [-0.15, -0.1) is 0 Å². The smallest absolute Gasteiger partial charge is 0.269 e. The van der Waals surface area contributed by atoms with Crippen LogP contribution in [0.15, 0.2) is 58.9 Å². The zero-order valence-corrected chi connectivity index (χ0v) is 25.1. The van der Waals surface area contributed by atoms with Crippen LogP contribution in [0.3, 0.4) is 0 Å². The average Bonchev–Trinajstić information content (AvgIpc) is 2.87. The van der Waals surface area contributed by atoms with E-state index >= 15 is 0 Å². The molecule has 41 heavy (non-hydrogen) atoms. The van der Waals surface area contributed by atoms with Gasteiger partial charge in [-0.25, -0.2) is 0 Å². The Bertz CT molecular complexity index is 1480. The molecule has 0 fully saturated rings. The largest absolute Gasteiger partial charge is 0.493 e. The maximum atomic E-state index is 13.8. The summed E-state index contributed by atoms with van der Waals surface area (Å²) in [6.45, 7) is 8.45. The fraction of sp³-hybridized carbons (Fsp3) is 0.438. The molecule has 2 aliphatic carbocycles. The first-order valence-electron chi connectivity index (χ1n) is 13.7. The topological polar surface area (TPSA) is 99.0 Å². The van der Waals surface area contributed by atoms with Crippen molar-refractivity contribution in [1.29, 1.82) is 0 Å². The molecule has 9 heteroatoms. The van der Waals surface area contributed by atoms with Crippen molar-refractivity contribution in [3.05, 3.63) is 85.2 Å². The summed E-state index contributed by atoms with van der Waals surface area (Å²) in [6.07, 6.45) is 2.24. The molecule has 0 aromatic heterocycles. The number of methoxy groups -OCH3 is 1. The fourth-order valence-electron chi connectivity index (χ4n) is 6.46. The lowest BCUT2D eigenvalue weighted by Gasteiger charge is -2.48. The Labute approximate surface area is 245 Å². The number of Topliss-reactive ketones (excluding diaryl/α,β-unsaturated/α-hetero) is 2. The average molecular weight is 579 g/mol. The van der Waals surface area contributed by atoms with Crippen molar-refractivity contribution in [2.75, 3.05) is 14.2 Å². The highest BCUT2D eigenvalue weighted by atomic mass is 35.5. The molecule has 0 amide bonds. The zero-order chi connectivity index (χ0) is 29.9. The summed E-state index contributed by atoms with van der Waals surface area (Å²) in [6, 6.07) is 9.73. The normalized spacial score (nSPS) is 20.1. The van der Waals surface area contributed by atoms with E-state index in [1.807, 2.05) is 7.05 Å². The first-order chi connectivity index (χ1) is 19.2. The SMILES string of the molecule is COc1cc(C2C3=C(CC(C)(C)CC3=O)N(C)C3=C2C(=O)CC(C)(C)C3)cc(Cl)c1OCc1cccc([N+](=O)[O-])c1. The summed E-state index contributed by atoms with van der Waals surface area (Å²) >= 11 is 6.80. The quantitative estimate of drug-likeness (QED) is 0.265. The summed E-state index contributed by atoms with van der Waals surface area (Å²) < 4.78 is 11.7. The summed E-state index contributed by atoms with van der Waals surface area (Å²) in [7, 11) is 3.48. The second-order valence-electron chi connectivity index (χ2n) is 12.8. The van der Waals surface area contributed by atoms with Crippen molar-refractivity contribution >= 4 is 28.9 Å². The number of non-ortho nitro benzene ring substituents is 1. The van der Waals surface area contributed by atoms with Crippen molar-refractivity contribution in [1.82, 2.24) is 4.90 Å². The summed E-state index contributed by atoms with van der Waals surface area (Å²) in [5.74, 6) is 0.165. The van der Waals surface area contributed by atoms with Gasteiger partial charge in [0.2, 0.25) is 0 Å². The van der Waals surface area contributed by atoms with Gasteiger partial charge in [-0.05, 0) is 46.9 Å². The van der Waals surface area contributed by atoms with E-state index in [0.29, 0.717) is 40.9 Å². The highest BCUT2D eigenvalue weighted by Crippen LogP contribution is 2.55. The Morgan fingerprint density at radius 2 is 1.56 bits per heavy atom. The van der Waals surface area contributed by atoms with Gasteiger partial charge in [0.05, 0.1) is 17.1 Å². The summed E-state index contributed by atoms with van der Waals surface area (Å²) in [5, 5.41) is 11.4. The molecule has 5 rings (SSSR count). The van der Waals surface area contributed by atoms with Gasteiger partial charge in [0.15, 0.2) is 23.1 Å². The number of rotatable bonds is 6. The molecular weight excluding hydrogens is 544 g/mol. The number of nitro groups is 1. The lowest BCUT2D eigenvalue weighted by Crippen LogP contribution is -2.43. The van der Waals surface area contributed by atoms with Crippen LogP contribution in [0.5, 0.6) is 11.5 Å². The number of carbonyl (C=O) groups is 2. The Kier molecular flexibility index (Phi) is 7.26. The van der Waals surface area contributed by atoms with Gasteiger partial charge in [-0.2, -0.15) is 0 Å². The van der Waals surface area contributed by atoms with Crippen LogP contribution in [0.4, 0.5) is 5.69 Å². The molecule has 0 saturated carbocycles. The number of benzene rings is 2. The minimum atomic E-state index is -0.555. The van der Waals surface area contributed by atoms with Crippen LogP contribution in [0.1, 0.15) is 70.4 Å². The maximum absolute atomic E-state index is 13.8. The predicted molar refractivity (Wildman–Crippen MR) is 156 cm³/mol. The van der Waals surface area contributed by atoms with E-state index in [1.54, 1.807) is 24.3 Å². The molecule has 0 N–H and O–H groups in total. The number of allylic oxidation sites excluding steroid dienone is 4. The van der Waals surface area contributed by atoms with Gasteiger partial charge in [-0.3, -0.25) is 19.7 Å². The molecule has 0 saturated heterocycles. The first kappa shape index (κ1) is 28.9. The van der Waals surface area contributed by atoms with Crippen LogP contribution >= 0.6 is 11.6 Å². The third-order valence-electron chi connectivity index (χ3n) is 8.27. The minimum Gasteiger partial charge on any atom is -0.493 e. The van der Waals surface area contributed by atoms with Gasteiger partial charge in [0.25, 0.3) is 5.69 Å². The van der Waals surface area contributed by atoms with E-state index < -0.39 is 10.8 Å². The number of ketones is 2. The maximum Gasteiger partial charge on any atom is 0.269 e. The minimum absolute atomic E-state index is 0.0319. The van der Waals surface area contributed by atoms with Gasteiger partial charge in [-0.1, -0.05) is 51.4 Å². The monoisotopic (exact) mass is 578 g/mol. The Hall–Kier alpha value is -3.65. The highest BCUT2D eigenvalue weighted by molar-refractivity contribution is 6.32. The second-order valence-corrected chi connectivity index (χ2v) is 13.3. The van der Waals surface area contributed by atoms with Gasteiger partial charge in [0.1, 0.15) is 6.61 Å². The van der Waals surface area contributed by atoms with E-state index in [9.17, 15) is 19.7 Å². The van der Waals surface area contributed by atoms with Crippen molar-refractivity contribution in [3.8, 4) is 11.5 Å². The lowest BCUT2D eigenvalue weighted by atomic mass is 9.63. The fourth-order valence-corrected chi connectivity index (χ4v) is 6.73. The molecule has 0 bridgehead atoms. The predicted octanol–water partition coefficient (Wildman–Crippen LogP) is 7.15. The molecule has 0 atom stereocenters. The van der Waals surface area contributed by atoms with Gasteiger partial charge in [0, 0.05) is 60.5 Å². The van der Waals surface area contributed by atoms with E-state index in [2.05, 4.69) is 32.6 Å². The van der Waals surface area contributed by atoms with Crippen LogP contribution in [-0.2, 0) is 16.2 Å². The van der Waals surface area contributed by atoms with Crippen LogP contribution in [0.25, 0.3) is 0 Å². The number of hydrogen-bond donors (Lipinski definition) is 0. The number of hydrogen-bond acceptors (Lipinski definition) is 7. The number of nitrogens with zero attached hydrogens (tertiary/aromatic N) is 2. The molecule has 1 heterocycles. The van der Waals surface area contributed by atoms with Crippen molar-refractivity contribution < 1.29 is 24.0 Å². The molecule has 0 radical (unpaired) electrons. The van der Waals surface area contributed by atoms with Crippen molar-refractivity contribution in [2.24, 2.45) is 10.8 Å². The van der Waals surface area contributed by atoms with Crippen LogP contribution in [0, 0.1) is 20.9 Å². The first-order valence-corrected chi connectivity index (χ1v) is 14.1. The summed E-state index contributed by atoms with van der Waals surface area (Å²) in [4.78, 5) is 40.3. The molecule has 2 aromatic carbocycles. The summed E-state index contributed by atoms with van der Waals surface area (Å²) in [5.41, 5.74) is 4.11. The molecule has 2 aromatic rings. The zero-order valence-electron chi connectivity index (χ0n) is 24.3. The molecule has 0 spiro atoms. The highest BCUT2D eigenvalue weighted by Gasteiger charge is 2.48. The molecule has 216 valence electrons. The van der Waals surface area contributed by atoms with E-state index in [1.165, 1.54) is 19.2 Å². The number of carbonyl (C=O) groups excluding carboxylic acids is 2. The molecule has 0 unspecified atom stereocenters. The van der Waals surface area contributed by atoms with Crippen molar-refractivity contribution in [2.45, 2.75) is 65.9 Å². The van der Waals surface area contributed by atoms with Gasteiger partial charge < -0.3 is 14.4 Å². The third-order valence-corrected chi connectivity index (χ3v) is 8.55. The van der Waals surface area contributed by atoms with E-state index in [4.69, 9.17) is 21.1 Å². The number of halogens is 1. The van der Waals surface area contributed by atoms with E-state index in [-0.39, 0.29) is 45.5 Å². The lowest BCUT2D eigenvalue weighted by molar-refractivity contribution is -0.384. The molecule has 8 nitrogen and oxygen atoms in total. The van der Waals surface area contributed by atoms with Gasteiger partial charge >= 0.3 is 0 Å². The number of nitro benzene ring substituents is 1. The Balaban J connectivity index is 1.60. The Morgan fingerprint density at radius 3 is 2.10 bits per heavy atom. The number of ether oxygens (including phenoxy) is 2. The van der Waals surface area contributed by atoms with Crippen LogP contribution in [-0.4, -0.2) is 35.5 Å². The molecule has 3 aliphatic rings. The van der Waals surface area contributed by atoms with Crippen molar-refractivity contribution in [3.63, 3.8) is 0 Å². The third kappa shape index (κ3) is 5.37. The Morgan fingerprint density at radius 1 is 0.976 bits per heavy atom. The standard InChI is InChI=1S/C32H35ClN2O6/c1-31(2)13-22-28(24(36)15-31)27(29-23(34(22)5)14-32(3,4)16-25(29)37)19-11-21(33)30(26(12-19)40-6)41-17-18-8-7-9-20(10-18)35(38)39/h7-12,27H,13-17H2,1-6H3. The van der Waals surface area contributed by atoms with Crippen LogP contribution < -0.4 is 9.47 Å². The molecular formula is C32H35ClN2O6.